The highest BCUT2D eigenvalue weighted by Gasteiger charge is 2.55. The van der Waals surface area contributed by atoms with Crippen LogP contribution < -0.4 is 11.2 Å². The Kier molecular flexibility index (Phi) is 11.2. The number of aromatic nitrogens is 2. The molecule has 1 fully saturated rings. The molecule has 4 atom stereocenters. The smallest absolute Gasteiger partial charge is 0.330 e. The number of nitrogens with zero attached hydrogens (tertiary/aromatic N) is 2. The Hall–Kier alpha value is -1.54. The van der Waals surface area contributed by atoms with Crippen molar-refractivity contribution in [1.82, 2.24) is 9.55 Å². The van der Waals surface area contributed by atoms with Gasteiger partial charge in [0.05, 0.1) is 0 Å². The average molecular weight is 584 g/mol. The minimum Gasteiger partial charge on any atom is -0.624 e. The first-order chi connectivity index (χ1) is 17.8. The lowest BCUT2D eigenvalue weighted by Gasteiger charge is -2.44. The van der Waals surface area contributed by atoms with Gasteiger partial charge in [-0.05, 0) is 42.7 Å². The standard InChI is InChI=1S/C28H53N3O6Si2/c1-12-13-14-15-16-18-30(34)20-21-23(36-38(8,9)27(2,3)4)24(37-39(10,11)28(5,6)7)25(35-21)31-19-17-22(32)29-26(31)33/h17-19,21,23-25H,12-16,20H2,1-11H3,(H,29,32,33)/b30-18+. The SMILES string of the molecule is CCCCCC/C=[N+](/[O-])CC1OC(n2ccc(=O)[nH]c2=O)C(O[Si](C)(C)C(C)(C)C)C1O[Si](C)(C)C(C)(C)C. The van der Waals surface area contributed by atoms with Crippen LogP contribution in [0.4, 0.5) is 0 Å². The van der Waals surface area contributed by atoms with Crippen molar-refractivity contribution in [2.24, 2.45) is 0 Å². The molecule has 0 spiro atoms. The summed E-state index contributed by atoms with van der Waals surface area (Å²) in [5.41, 5.74) is -1.06. The van der Waals surface area contributed by atoms with E-state index in [0.717, 1.165) is 30.4 Å². The lowest BCUT2D eigenvalue weighted by molar-refractivity contribution is -0.468. The van der Waals surface area contributed by atoms with Crippen molar-refractivity contribution >= 4 is 22.8 Å². The molecule has 2 rings (SSSR count). The van der Waals surface area contributed by atoms with Gasteiger partial charge in [0, 0.05) is 18.7 Å². The molecular weight excluding hydrogens is 530 g/mol. The van der Waals surface area contributed by atoms with E-state index < -0.39 is 52.4 Å². The van der Waals surface area contributed by atoms with E-state index in [4.69, 9.17) is 13.6 Å². The van der Waals surface area contributed by atoms with Gasteiger partial charge in [0.2, 0.25) is 0 Å². The molecule has 39 heavy (non-hydrogen) atoms. The van der Waals surface area contributed by atoms with Gasteiger partial charge in [-0.2, -0.15) is 0 Å². The molecule has 0 amide bonds. The number of unbranched alkanes of at least 4 members (excludes halogenated alkanes) is 4. The van der Waals surface area contributed by atoms with Crippen molar-refractivity contribution in [2.45, 2.75) is 141 Å². The Morgan fingerprint density at radius 1 is 1.00 bits per heavy atom. The zero-order chi connectivity index (χ0) is 29.8. The Labute approximate surface area is 236 Å². The second-order valence-electron chi connectivity index (χ2n) is 13.9. The highest BCUT2D eigenvalue weighted by molar-refractivity contribution is 6.74. The Morgan fingerprint density at radius 2 is 1.56 bits per heavy atom. The third-order valence-corrected chi connectivity index (χ3v) is 17.6. The molecule has 0 radical (unpaired) electrons. The second kappa shape index (κ2) is 13.0. The molecule has 0 saturated carbocycles. The van der Waals surface area contributed by atoms with Crippen LogP contribution in [-0.4, -0.2) is 62.0 Å². The molecule has 2 heterocycles. The molecule has 4 unspecified atom stereocenters. The van der Waals surface area contributed by atoms with Gasteiger partial charge in [-0.1, -0.05) is 67.7 Å². The minimum absolute atomic E-state index is 0.0685. The van der Waals surface area contributed by atoms with E-state index in [0.29, 0.717) is 6.42 Å². The van der Waals surface area contributed by atoms with E-state index in [-0.39, 0.29) is 16.6 Å². The summed E-state index contributed by atoms with van der Waals surface area (Å²) < 4.78 is 22.7. The highest BCUT2D eigenvalue weighted by Crippen LogP contribution is 2.45. The number of rotatable bonds is 12. The summed E-state index contributed by atoms with van der Waals surface area (Å²) in [5, 5.41) is 12.8. The van der Waals surface area contributed by atoms with Crippen molar-refractivity contribution in [3.63, 3.8) is 0 Å². The second-order valence-corrected chi connectivity index (χ2v) is 23.4. The highest BCUT2D eigenvalue weighted by atomic mass is 28.4. The number of hydrogen-bond donors (Lipinski definition) is 1. The topological polar surface area (TPSA) is 109 Å². The number of H-pyrrole nitrogens is 1. The zero-order valence-corrected chi connectivity index (χ0v) is 28.1. The fourth-order valence-corrected chi connectivity index (χ4v) is 6.67. The van der Waals surface area contributed by atoms with Gasteiger partial charge in [-0.25, -0.2) is 9.53 Å². The van der Waals surface area contributed by atoms with E-state index in [9.17, 15) is 14.8 Å². The fourth-order valence-electron chi connectivity index (χ4n) is 4.07. The van der Waals surface area contributed by atoms with Crippen LogP contribution in [0.2, 0.25) is 36.3 Å². The monoisotopic (exact) mass is 583 g/mol. The maximum absolute atomic E-state index is 13.0. The van der Waals surface area contributed by atoms with Crippen molar-refractivity contribution in [1.29, 1.82) is 0 Å². The average Bonchev–Trinajstić information content (AvgIpc) is 3.07. The lowest BCUT2D eigenvalue weighted by Crippen LogP contribution is -2.54. The van der Waals surface area contributed by atoms with Crippen molar-refractivity contribution in [2.75, 3.05) is 6.54 Å². The van der Waals surface area contributed by atoms with E-state index in [2.05, 4.69) is 79.6 Å². The Morgan fingerprint density at radius 3 is 2.08 bits per heavy atom. The first-order valence-corrected chi connectivity index (χ1v) is 20.2. The molecule has 1 saturated heterocycles. The maximum atomic E-state index is 13.0. The zero-order valence-electron chi connectivity index (χ0n) is 26.1. The van der Waals surface area contributed by atoms with Crippen LogP contribution in [0.25, 0.3) is 0 Å². The molecule has 1 aliphatic rings. The quantitative estimate of drug-likeness (QED) is 0.0836. The van der Waals surface area contributed by atoms with Crippen LogP contribution in [0.5, 0.6) is 0 Å². The molecule has 0 aliphatic carbocycles. The predicted molar refractivity (Wildman–Crippen MR) is 163 cm³/mol. The van der Waals surface area contributed by atoms with E-state index >= 15 is 0 Å². The first-order valence-electron chi connectivity index (χ1n) is 14.4. The number of aromatic amines is 1. The molecule has 11 heteroatoms. The number of hydroxylamine groups is 1. The lowest BCUT2D eigenvalue weighted by atomic mass is 10.1. The molecule has 0 aromatic carbocycles. The van der Waals surface area contributed by atoms with E-state index in [1.54, 1.807) is 6.21 Å². The van der Waals surface area contributed by atoms with Gasteiger partial charge in [0.1, 0.15) is 18.3 Å². The molecule has 9 nitrogen and oxygen atoms in total. The maximum Gasteiger partial charge on any atom is 0.330 e. The van der Waals surface area contributed by atoms with Crippen molar-refractivity contribution in [3.05, 3.63) is 38.3 Å². The van der Waals surface area contributed by atoms with Gasteiger partial charge >= 0.3 is 5.69 Å². The third kappa shape index (κ3) is 8.72. The van der Waals surface area contributed by atoms with Crippen LogP contribution >= 0.6 is 0 Å². The van der Waals surface area contributed by atoms with Gasteiger partial charge in [-0.3, -0.25) is 14.3 Å². The summed E-state index contributed by atoms with van der Waals surface area (Å²) in [7, 11) is -4.71. The Balaban J connectivity index is 2.56. The number of nitrogens with one attached hydrogen (secondary N) is 1. The summed E-state index contributed by atoms with van der Waals surface area (Å²) in [6.45, 7) is 23.9. The van der Waals surface area contributed by atoms with Crippen molar-refractivity contribution in [3.8, 4) is 0 Å². The van der Waals surface area contributed by atoms with Crippen LogP contribution in [0, 0.1) is 5.21 Å². The summed E-state index contributed by atoms with van der Waals surface area (Å²) in [6, 6.07) is 1.30. The number of hydrogen-bond acceptors (Lipinski definition) is 6. The van der Waals surface area contributed by atoms with E-state index in [1.165, 1.54) is 16.8 Å². The van der Waals surface area contributed by atoms with Crippen LogP contribution in [0.3, 0.4) is 0 Å². The molecular formula is C28H53N3O6Si2. The summed E-state index contributed by atoms with van der Waals surface area (Å²) in [5.74, 6) is 0. The van der Waals surface area contributed by atoms with Gasteiger partial charge in [0.15, 0.2) is 35.6 Å². The predicted octanol–water partition coefficient (Wildman–Crippen LogP) is 5.77. The molecule has 1 aromatic rings. The van der Waals surface area contributed by atoms with E-state index in [1.807, 2.05) is 0 Å². The first kappa shape index (κ1) is 33.7. The summed E-state index contributed by atoms with van der Waals surface area (Å²) >= 11 is 0. The Bertz CT molecular complexity index is 1080. The summed E-state index contributed by atoms with van der Waals surface area (Å²) in [4.78, 5) is 27.1. The molecule has 224 valence electrons. The summed E-state index contributed by atoms with van der Waals surface area (Å²) in [6.07, 6.45) is 5.53. The van der Waals surface area contributed by atoms with Crippen LogP contribution in [-0.2, 0) is 13.6 Å². The third-order valence-electron chi connectivity index (χ3n) is 8.63. The molecule has 1 aromatic heterocycles. The normalized spacial score (nSPS) is 23.4. The van der Waals surface area contributed by atoms with Crippen LogP contribution in [0.1, 0.15) is 86.8 Å². The largest absolute Gasteiger partial charge is 0.624 e. The minimum atomic E-state index is -2.37. The molecule has 1 N–H and O–H groups in total. The molecule has 1 aliphatic heterocycles. The van der Waals surface area contributed by atoms with Gasteiger partial charge in [0.25, 0.3) is 5.56 Å². The van der Waals surface area contributed by atoms with Crippen LogP contribution in [0.15, 0.2) is 21.9 Å². The number of ether oxygens (including phenoxy) is 1. The fraction of sp³-hybridized carbons (Fsp3) is 0.821. The van der Waals surface area contributed by atoms with Gasteiger partial charge in [-0.15, -0.1) is 0 Å². The van der Waals surface area contributed by atoms with Gasteiger partial charge < -0.3 is 18.8 Å². The molecule has 0 bridgehead atoms. The van der Waals surface area contributed by atoms with Crippen molar-refractivity contribution < 1.29 is 18.3 Å².